The molecule has 3 aromatic rings. The predicted octanol–water partition coefficient (Wildman–Crippen LogP) is 4.07. The van der Waals surface area contributed by atoms with Crippen LogP contribution in [0.4, 0.5) is 11.4 Å². The lowest BCUT2D eigenvalue weighted by Crippen LogP contribution is -2.17. The lowest BCUT2D eigenvalue weighted by atomic mass is 10.1. The first-order valence-corrected chi connectivity index (χ1v) is 8.62. The zero-order valence-electron chi connectivity index (χ0n) is 15.5. The summed E-state index contributed by atoms with van der Waals surface area (Å²) >= 11 is 0. The zero-order chi connectivity index (χ0) is 20.1. The van der Waals surface area contributed by atoms with Crippen LogP contribution in [-0.4, -0.2) is 16.8 Å². The Labute approximate surface area is 162 Å². The largest absolute Gasteiger partial charge is 0.322 e. The molecule has 0 saturated heterocycles. The Bertz CT molecular complexity index is 1100. The van der Waals surface area contributed by atoms with E-state index in [0.29, 0.717) is 22.5 Å². The molecule has 6 heteroatoms. The molecule has 2 amide bonds. The molecule has 0 bridgehead atoms. The molecular weight excluding hydrogens is 352 g/mol. The van der Waals surface area contributed by atoms with E-state index in [4.69, 9.17) is 5.26 Å². The Morgan fingerprint density at radius 3 is 2.54 bits per heavy atom. The molecule has 0 radical (unpaired) electrons. The van der Waals surface area contributed by atoms with Crippen LogP contribution in [0.2, 0.25) is 0 Å². The van der Waals surface area contributed by atoms with Gasteiger partial charge in [-0.3, -0.25) is 14.6 Å². The van der Waals surface area contributed by atoms with Crippen LogP contribution in [0.1, 0.15) is 37.5 Å². The van der Waals surface area contributed by atoms with E-state index in [2.05, 4.69) is 15.6 Å². The molecule has 138 valence electrons. The molecule has 28 heavy (non-hydrogen) atoms. The van der Waals surface area contributed by atoms with E-state index < -0.39 is 5.91 Å². The molecule has 0 fully saturated rings. The van der Waals surface area contributed by atoms with Crippen LogP contribution in [0.15, 0.2) is 60.8 Å². The molecule has 0 atom stereocenters. The van der Waals surface area contributed by atoms with Crippen molar-refractivity contribution >= 4 is 23.2 Å². The Morgan fingerprint density at radius 2 is 1.79 bits per heavy atom. The molecule has 0 spiro atoms. The molecule has 2 aromatic carbocycles. The van der Waals surface area contributed by atoms with E-state index in [0.717, 1.165) is 11.1 Å². The minimum absolute atomic E-state index is 0.107. The number of nitrogens with zero attached hydrogens (tertiary/aromatic N) is 2. The first kappa shape index (κ1) is 18.8. The van der Waals surface area contributed by atoms with Gasteiger partial charge in [0.1, 0.15) is 5.69 Å². The first-order valence-electron chi connectivity index (χ1n) is 8.62. The second-order valence-corrected chi connectivity index (χ2v) is 6.35. The van der Waals surface area contributed by atoms with Crippen LogP contribution in [0.3, 0.4) is 0 Å². The van der Waals surface area contributed by atoms with Gasteiger partial charge in [0, 0.05) is 23.1 Å². The number of aromatic nitrogens is 1. The normalized spacial score (nSPS) is 10.0. The highest BCUT2D eigenvalue weighted by Crippen LogP contribution is 2.17. The number of carbonyl (C=O) groups is 2. The second-order valence-electron chi connectivity index (χ2n) is 6.35. The van der Waals surface area contributed by atoms with Gasteiger partial charge in [-0.05, 0) is 55.8 Å². The summed E-state index contributed by atoms with van der Waals surface area (Å²) in [7, 11) is 0. The summed E-state index contributed by atoms with van der Waals surface area (Å²) in [5, 5.41) is 14.5. The van der Waals surface area contributed by atoms with Crippen molar-refractivity contribution in [3.8, 4) is 6.07 Å². The van der Waals surface area contributed by atoms with Gasteiger partial charge in [0.2, 0.25) is 0 Å². The van der Waals surface area contributed by atoms with E-state index in [-0.39, 0.29) is 11.6 Å². The predicted molar refractivity (Wildman–Crippen MR) is 107 cm³/mol. The third-order valence-electron chi connectivity index (χ3n) is 4.13. The van der Waals surface area contributed by atoms with Crippen LogP contribution in [0, 0.1) is 25.2 Å². The Hall–Kier alpha value is -3.98. The van der Waals surface area contributed by atoms with Crippen LogP contribution in [0.25, 0.3) is 0 Å². The van der Waals surface area contributed by atoms with Gasteiger partial charge in [-0.15, -0.1) is 0 Å². The summed E-state index contributed by atoms with van der Waals surface area (Å²) < 4.78 is 0. The summed E-state index contributed by atoms with van der Waals surface area (Å²) in [4.78, 5) is 29.1. The minimum Gasteiger partial charge on any atom is -0.322 e. The number of amides is 2. The second kappa shape index (κ2) is 8.14. The Balaban J connectivity index is 1.76. The van der Waals surface area contributed by atoms with E-state index in [1.165, 1.54) is 12.3 Å². The highest BCUT2D eigenvalue weighted by molar-refractivity contribution is 6.08. The smallest absolute Gasteiger partial charge is 0.274 e. The van der Waals surface area contributed by atoms with Gasteiger partial charge in [-0.2, -0.15) is 5.26 Å². The van der Waals surface area contributed by atoms with Gasteiger partial charge in [-0.25, -0.2) is 0 Å². The highest BCUT2D eigenvalue weighted by Gasteiger charge is 2.13. The maximum absolute atomic E-state index is 12.6. The lowest BCUT2D eigenvalue weighted by Gasteiger charge is -2.10. The van der Waals surface area contributed by atoms with Crippen LogP contribution >= 0.6 is 0 Å². The number of hydrogen-bond acceptors (Lipinski definition) is 4. The van der Waals surface area contributed by atoms with Crippen molar-refractivity contribution in [2.75, 3.05) is 10.6 Å². The van der Waals surface area contributed by atoms with Gasteiger partial charge in [0.25, 0.3) is 11.8 Å². The SMILES string of the molecule is Cc1ccc(NC(=O)c2ccnc(C(=O)Nc3cccc(C#N)c3)c2)c(C)c1. The Morgan fingerprint density at radius 1 is 0.964 bits per heavy atom. The van der Waals surface area contributed by atoms with Gasteiger partial charge in [0.05, 0.1) is 11.6 Å². The van der Waals surface area contributed by atoms with Crippen molar-refractivity contribution in [3.63, 3.8) is 0 Å². The van der Waals surface area contributed by atoms with Crippen molar-refractivity contribution in [3.05, 3.63) is 88.7 Å². The number of nitrogens with one attached hydrogen (secondary N) is 2. The van der Waals surface area contributed by atoms with Crippen LogP contribution in [0.5, 0.6) is 0 Å². The van der Waals surface area contributed by atoms with Gasteiger partial charge in [0.15, 0.2) is 0 Å². The topological polar surface area (TPSA) is 94.9 Å². The molecule has 6 nitrogen and oxygen atoms in total. The molecule has 1 heterocycles. The average molecular weight is 370 g/mol. The van der Waals surface area contributed by atoms with E-state index in [1.807, 2.05) is 38.1 Å². The number of rotatable bonds is 4. The molecule has 1 aromatic heterocycles. The van der Waals surface area contributed by atoms with Crippen LogP contribution in [-0.2, 0) is 0 Å². The number of aryl methyl sites for hydroxylation is 2. The monoisotopic (exact) mass is 370 g/mol. The number of pyridine rings is 1. The van der Waals surface area contributed by atoms with Gasteiger partial charge < -0.3 is 10.6 Å². The van der Waals surface area contributed by atoms with Crippen molar-refractivity contribution in [2.45, 2.75) is 13.8 Å². The van der Waals surface area contributed by atoms with E-state index >= 15 is 0 Å². The quantitative estimate of drug-likeness (QED) is 0.723. The molecular formula is C22H18N4O2. The molecule has 0 unspecified atom stereocenters. The van der Waals surface area contributed by atoms with Crippen molar-refractivity contribution in [2.24, 2.45) is 0 Å². The fourth-order valence-electron chi connectivity index (χ4n) is 2.71. The fraction of sp³-hybridized carbons (Fsp3) is 0.0909. The average Bonchev–Trinajstić information content (AvgIpc) is 2.70. The minimum atomic E-state index is -0.462. The molecule has 3 rings (SSSR count). The Kier molecular flexibility index (Phi) is 5.47. The summed E-state index contributed by atoms with van der Waals surface area (Å²) in [6.07, 6.45) is 1.41. The van der Waals surface area contributed by atoms with Gasteiger partial charge >= 0.3 is 0 Å². The maximum atomic E-state index is 12.6. The molecule has 0 saturated carbocycles. The number of carbonyl (C=O) groups excluding carboxylic acids is 2. The number of hydrogen-bond donors (Lipinski definition) is 2. The molecule has 2 N–H and O–H groups in total. The highest BCUT2D eigenvalue weighted by atomic mass is 16.2. The summed E-state index contributed by atoms with van der Waals surface area (Å²) in [5.74, 6) is -0.786. The van der Waals surface area contributed by atoms with E-state index in [1.54, 1.807) is 30.3 Å². The lowest BCUT2D eigenvalue weighted by molar-refractivity contribution is 0.102. The molecule has 0 aliphatic carbocycles. The molecule has 0 aliphatic heterocycles. The maximum Gasteiger partial charge on any atom is 0.274 e. The zero-order valence-corrected chi connectivity index (χ0v) is 15.5. The third kappa shape index (κ3) is 4.40. The number of anilines is 2. The van der Waals surface area contributed by atoms with Crippen molar-refractivity contribution < 1.29 is 9.59 Å². The third-order valence-corrected chi connectivity index (χ3v) is 4.13. The van der Waals surface area contributed by atoms with Crippen molar-refractivity contribution in [1.82, 2.24) is 4.98 Å². The van der Waals surface area contributed by atoms with Crippen molar-refractivity contribution in [1.29, 1.82) is 5.26 Å². The fourth-order valence-corrected chi connectivity index (χ4v) is 2.71. The standard InChI is InChI=1S/C22H18N4O2/c1-14-6-7-19(15(2)10-14)26-21(27)17-8-9-24-20(12-17)22(28)25-18-5-3-4-16(11-18)13-23/h3-12H,1-2H3,(H,25,28)(H,26,27). The van der Waals surface area contributed by atoms with E-state index in [9.17, 15) is 9.59 Å². The van der Waals surface area contributed by atoms with Gasteiger partial charge in [-0.1, -0.05) is 23.8 Å². The number of benzene rings is 2. The summed E-state index contributed by atoms with van der Waals surface area (Å²) in [6.45, 7) is 3.90. The summed E-state index contributed by atoms with van der Waals surface area (Å²) in [6, 6.07) is 17.3. The van der Waals surface area contributed by atoms with Crippen LogP contribution < -0.4 is 10.6 Å². The molecule has 0 aliphatic rings. The number of nitriles is 1. The first-order chi connectivity index (χ1) is 13.5. The summed E-state index contributed by atoms with van der Waals surface area (Å²) in [5.41, 5.74) is 4.13.